The molecule has 2 nitrogen and oxygen atoms in total. The Labute approximate surface area is 126 Å². The summed E-state index contributed by atoms with van der Waals surface area (Å²) < 4.78 is 5.58. The number of nitrogens with zero attached hydrogens (tertiary/aromatic N) is 1. The Morgan fingerprint density at radius 1 is 1.00 bits per heavy atom. The molecule has 5 heteroatoms. The SMILES string of the molecule is N#Cc1c(Cl)cccc1OCc1cccc(Cl)c1Cl. The van der Waals surface area contributed by atoms with E-state index in [1.165, 1.54) is 0 Å². The molecule has 2 aromatic rings. The van der Waals surface area contributed by atoms with Gasteiger partial charge in [0.05, 0.1) is 15.1 Å². The molecule has 0 bridgehead atoms. The summed E-state index contributed by atoms with van der Waals surface area (Å²) in [5.74, 6) is 0.422. The first-order chi connectivity index (χ1) is 9.13. The lowest BCUT2D eigenvalue weighted by molar-refractivity contribution is 0.305. The van der Waals surface area contributed by atoms with E-state index < -0.39 is 0 Å². The van der Waals surface area contributed by atoms with Crippen LogP contribution in [-0.4, -0.2) is 0 Å². The minimum atomic E-state index is 0.217. The maximum atomic E-state index is 9.03. The predicted molar refractivity (Wildman–Crippen MR) is 77.0 cm³/mol. The average molecular weight is 313 g/mol. The first-order valence-corrected chi connectivity index (χ1v) is 6.51. The monoisotopic (exact) mass is 311 g/mol. The van der Waals surface area contributed by atoms with E-state index in [1.807, 2.05) is 12.1 Å². The van der Waals surface area contributed by atoms with Crippen LogP contribution in [0.15, 0.2) is 36.4 Å². The fraction of sp³-hybridized carbons (Fsp3) is 0.0714. The molecule has 0 aromatic heterocycles. The zero-order valence-corrected chi connectivity index (χ0v) is 11.9. The fourth-order valence-electron chi connectivity index (χ4n) is 1.55. The maximum absolute atomic E-state index is 9.03. The van der Waals surface area contributed by atoms with Crippen molar-refractivity contribution >= 4 is 34.8 Å². The molecule has 0 aliphatic carbocycles. The van der Waals surface area contributed by atoms with Crippen LogP contribution in [0.1, 0.15) is 11.1 Å². The standard InChI is InChI=1S/C14H8Cl3NO/c15-11-4-2-6-13(10(11)7-18)19-8-9-3-1-5-12(16)14(9)17/h1-6H,8H2. The van der Waals surface area contributed by atoms with Gasteiger partial charge in [-0.2, -0.15) is 5.26 Å². The second-order valence-corrected chi connectivity index (χ2v) is 4.92. The van der Waals surface area contributed by atoms with Crippen LogP contribution in [0.5, 0.6) is 5.75 Å². The number of halogens is 3. The molecule has 0 heterocycles. The summed E-state index contributed by atoms with van der Waals surface area (Å²) in [7, 11) is 0. The van der Waals surface area contributed by atoms with E-state index in [2.05, 4.69) is 0 Å². The van der Waals surface area contributed by atoms with Crippen molar-refractivity contribution in [3.05, 3.63) is 62.6 Å². The lowest BCUT2D eigenvalue weighted by Crippen LogP contribution is -1.98. The van der Waals surface area contributed by atoms with Crippen molar-refractivity contribution < 1.29 is 4.74 Å². The lowest BCUT2D eigenvalue weighted by atomic mass is 10.2. The minimum Gasteiger partial charge on any atom is -0.487 e. The van der Waals surface area contributed by atoms with E-state index in [-0.39, 0.29) is 6.61 Å². The van der Waals surface area contributed by atoms with Gasteiger partial charge >= 0.3 is 0 Å². The fourth-order valence-corrected chi connectivity index (χ4v) is 2.13. The van der Waals surface area contributed by atoms with Crippen molar-refractivity contribution in [3.63, 3.8) is 0 Å². The van der Waals surface area contributed by atoms with Gasteiger partial charge < -0.3 is 4.74 Å². The number of hydrogen-bond donors (Lipinski definition) is 0. The van der Waals surface area contributed by atoms with Gasteiger partial charge in [0.15, 0.2) is 0 Å². The molecule has 0 spiro atoms. The first kappa shape index (κ1) is 14.0. The number of benzene rings is 2. The van der Waals surface area contributed by atoms with Gasteiger partial charge in [0.1, 0.15) is 24.0 Å². The zero-order chi connectivity index (χ0) is 13.8. The molecule has 0 saturated carbocycles. The van der Waals surface area contributed by atoms with Crippen molar-refractivity contribution in [3.8, 4) is 11.8 Å². The van der Waals surface area contributed by atoms with Gasteiger partial charge in [0.2, 0.25) is 0 Å². The zero-order valence-electron chi connectivity index (χ0n) is 9.66. The van der Waals surface area contributed by atoms with Crippen LogP contribution < -0.4 is 4.74 Å². The highest BCUT2D eigenvalue weighted by molar-refractivity contribution is 6.42. The van der Waals surface area contributed by atoms with Gasteiger partial charge in [0.25, 0.3) is 0 Å². The number of rotatable bonds is 3. The molecule has 2 aromatic carbocycles. The number of ether oxygens (including phenoxy) is 1. The predicted octanol–water partition coefficient (Wildman–Crippen LogP) is 5.10. The average Bonchev–Trinajstić information content (AvgIpc) is 2.40. The summed E-state index contributed by atoms with van der Waals surface area (Å²) in [5, 5.41) is 10.3. The number of nitriles is 1. The van der Waals surface area contributed by atoms with Crippen LogP contribution >= 0.6 is 34.8 Å². The highest BCUT2D eigenvalue weighted by Crippen LogP contribution is 2.29. The van der Waals surface area contributed by atoms with Gasteiger partial charge in [-0.3, -0.25) is 0 Å². The van der Waals surface area contributed by atoms with Crippen molar-refractivity contribution in [1.82, 2.24) is 0 Å². The van der Waals surface area contributed by atoms with E-state index in [4.69, 9.17) is 44.8 Å². The smallest absolute Gasteiger partial charge is 0.139 e. The lowest BCUT2D eigenvalue weighted by Gasteiger charge is -2.10. The van der Waals surface area contributed by atoms with Gasteiger partial charge in [0, 0.05) is 5.56 Å². The molecule has 0 aliphatic heterocycles. The van der Waals surface area contributed by atoms with Crippen LogP contribution in [0.4, 0.5) is 0 Å². The van der Waals surface area contributed by atoms with Gasteiger partial charge in [-0.1, -0.05) is 53.0 Å². The van der Waals surface area contributed by atoms with E-state index >= 15 is 0 Å². The molecular weight excluding hydrogens is 305 g/mol. The van der Waals surface area contributed by atoms with Crippen molar-refractivity contribution in [2.45, 2.75) is 6.61 Å². The second kappa shape index (κ2) is 6.16. The molecule has 0 atom stereocenters. The first-order valence-electron chi connectivity index (χ1n) is 5.37. The Hall–Kier alpha value is -1.40. The van der Waals surface area contributed by atoms with E-state index in [0.717, 1.165) is 5.56 Å². The van der Waals surface area contributed by atoms with Crippen LogP contribution in [0.25, 0.3) is 0 Å². The van der Waals surface area contributed by atoms with E-state index in [1.54, 1.807) is 30.3 Å². The third kappa shape index (κ3) is 3.13. The Morgan fingerprint density at radius 2 is 1.68 bits per heavy atom. The summed E-state index contributed by atoms with van der Waals surface area (Å²) in [6, 6.07) is 12.4. The van der Waals surface area contributed by atoms with Crippen LogP contribution in [-0.2, 0) is 6.61 Å². The largest absolute Gasteiger partial charge is 0.487 e. The van der Waals surface area contributed by atoms with Crippen LogP contribution in [0, 0.1) is 11.3 Å². The summed E-state index contributed by atoms with van der Waals surface area (Å²) in [5.41, 5.74) is 1.06. The van der Waals surface area contributed by atoms with Gasteiger partial charge in [-0.25, -0.2) is 0 Å². The topological polar surface area (TPSA) is 33.0 Å². The summed E-state index contributed by atoms with van der Waals surface area (Å²) in [6.45, 7) is 0.217. The molecule has 96 valence electrons. The molecule has 19 heavy (non-hydrogen) atoms. The highest BCUT2D eigenvalue weighted by atomic mass is 35.5. The second-order valence-electron chi connectivity index (χ2n) is 3.73. The quantitative estimate of drug-likeness (QED) is 0.790. The Bertz CT molecular complexity index is 650. The third-order valence-corrected chi connectivity index (χ3v) is 3.67. The van der Waals surface area contributed by atoms with Crippen LogP contribution in [0.3, 0.4) is 0 Å². The molecule has 0 aliphatic rings. The molecule has 2 rings (SSSR count). The summed E-state index contributed by atoms with van der Waals surface area (Å²) in [6.07, 6.45) is 0. The Balaban J connectivity index is 2.22. The molecule has 0 unspecified atom stereocenters. The summed E-state index contributed by atoms with van der Waals surface area (Å²) in [4.78, 5) is 0. The number of hydrogen-bond acceptors (Lipinski definition) is 2. The van der Waals surface area contributed by atoms with Gasteiger partial charge in [-0.15, -0.1) is 0 Å². The minimum absolute atomic E-state index is 0.217. The van der Waals surface area contributed by atoms with Crippen molar-refractivity contribution in [2.75, 3.05) is 0 Å². The molecule has 0 fully saturated rings. The normalized spacial score (nSPS) is 10.0. The summed E-state index contributed by atoms with van der Waals surface area (Å²) >= 11 is 17.9. The van der Waals surface area contributed by atoms with Crippen LogP contribution in [0.2, 0.25) is 15.1 Å². The van der Waals surface area contributed by atoms with Crippen molar-refractivity contribution in [2.24, 2.45) is 0 Å². The Morgan fingerprint density at radius 3 is 2.42 bits per heavy atom. The van der Waals surface area contributed by atoms with E-state index in [0.29, 0.717) is 26.4 Å². The molecule has 0 amide bonds. The van der Waals surface area contributed by atoms with Gasteiger partial charge in [-0.05, 0) is 18.2 Å². The Kier molecular flexibility index (Phi) is 4.55. The third-order valence-electron chi connectivity index (χ3n) is 2.50. The van der Waals surface area contributed by atoms with Crippen molar-refractivity contribution in [1.29, 1.82) is 5.26 Å². The maximum Gasteiger partial charge on any atom is 0.139 e. The molecular formula is C14H8Cl3NO. The molecule has 0 N–H and O–H groups in total. The highest BCUT2D eigenvalue weighted by Gasteiger charge is 2.09. The van der Waals surface area contributed by atoms with E-state index in [9.17, 15) is 0 Å². The molecule has 0 radical (unpaired) electrons. The molecule has 0 saturated heterocycles.